The summed E-state index contributed by atoms with van der Waals surface area (Å²) in [5, 5.41) is 2.90. The molecule has 2 aromatic rings. The van der Waals surface area contributed by atoms with Crippen LogP contribution in [0.1, 0.15) is 5.56 Å². The molecule has 0 aromatic heterocycles. The van der Waals surface area contributed by atoms with Crippen molar-refractivity contribution in [2.24, 2.45) is 10.7 Å². The van der Waals surface area contributed by atoms with E-state index in [4.69, 9.17) is 15.2 Å². The lowest BCUT2D eigenvalue weighted by Gasteiger charge is -2.12. The Labute approximate surface area is 144 Å². The summed E-state index contributed by atoms with van der Waals surface area (Å²) in [6, 6.07) is 11.6. The molecular weight excluding hydrogens is 332 g/mol. The number of ether oxygens (including phenoxy) is 3. The van der Waals surface area contributed by atoms with Crippen molar-refractivity contribution in [2.45, 2.75) is 13.2 Å². The van der Waals surface area contributed by atoms with Crippen molar-refractivity contribution in [3.8, 4) is 17.2 Å². The smallest absolute Gasteiger partial charge is 0.387 e. The molecule has 134 valence electrons. The molecule has 0 heterocycles. The van der Waals surface area contributed by atoms with Gasteiger partial charge in [-0.15, -0.1) is 0 Å². The number of alkyl halides is 2. The van der Waals surface area contributed by atoms with Crippen LogP contribution >= 0.6 is 0 Å². The average molecular weight is 351 g/mol. The Hall–Kier alpha value is -3.03. The summed E-state index contributed by atoms with van der Waals surface area (Å²) in [5.74, 6) is 1.33. The molecule has 0 atom stereocenters. The van der Waals surface area contributed by atoms with E-state index in [1.165, 1.54) is 13.2 Å². The van der Waals surface area contributed by atoms with E-state index in [0.29, 0.717) is 22.7 Å². The number of rotatable bonds is 7. The fourth-order valence-corrected chi connectivity index (χ4v) is 2.11. The molecule has 0 unspecified atom stereocenters. The molecule has 6 nitrogen and oxygen atoms in total. The Morgan fingerprint density at radius 3 is 2.56 bits per heavy atom. The Bertz CT molecular complexity index is 739. The second-order valence-corrected chi connectivity index (χ2v) is 4.88. The molecule has 25 heavy (non-hydrogen) atoms. The molecule has 0 aliphatic heterocycles. The maximum Gasteiger partial charge on any atom is 0.387 e. The van der Waals surface area contributed by atoms with Gasteiger partial charge in [-0.1, -0.05) is 18.2 Å². The predicted molar refractivity (Wildman–Crippen MR) is 91.6 cm³/mol. The van der Waals surface area contributed by atoms with Crippen molar-refractivity contribution in [1.29, 1.82) is 0 Å². The van der Waals surface area contributed by atoms with Crippen molar-refractivity contribution >= 4 is 11.6 Å². The number of nitrogens with zero attached hydrogens (tertiary/aromatic N) is 1. The van der Waals surface area contributed by atoms with E-state index in [9.17, 15) is 8.78 Å². The summed E-state index contributed by atoms with van der Waals surface area (Å²) in [4.78, 5) is 4.15. The van der Waals surface area contributed by atoms with E-state index in [-0.39, 0.29) is 18.3 Å². The molecule has 0 aliphatic rings. The monoisotopic (exact) mass is 351 g/mol. The summed E-state index contributed by atoms with van der Waals surface area (Å²) in [6.45, 7) is -2.82. The van der Waals surface area contributed by atoms with Crippen LogP contribution in [0.5, 0.6) is 17.2 Å². The highest BCUT2D eigenvalue weighted by atomic mass is 19.3. The SMILES string of the molecule is COc1ccc(OC)c(NC(N)=NCc2ccccc2OC(F)F)c1. The first kappa shape index (κ1) is 18.3. The number of benzene rings is 2. The van der Waals surface area contributed by atoms with Gasteiger partial charge < -0.3 is 25.3 Å². The van der Waals surface area contributed by atoms with E-state index >= 15 is 0 Å². The number of hydrogen-bond donors (Lipinski definition) is 2. The first-order valence-electron chi connectivity index (χ1n) is 7.35. The molecule has 0 fully saturated rings. The molecule has 0 saturated heterocycles. The summed E-state index contributed by atoms with van der Waals surface area (Å²) < 4.78 is 39.7. The summed E-state index contributed by atoms with van der Waals surface area (Å²) in [5.41, 5.74) is 6.93. The lowest BCUT2D eigenvalue weighted by molar-refractivity contribution is -0.0504. The van der Waals surface area contributed by atoms with Gasteiger partial charge in [-0.3, -0.25) is 0 Å². The number of hydrogen-bond acceptors (Lipinski definition) is 4. The van der Waals surface area contributed by atoms with Gasteiger partial charge in [0.2, 0.25) is 0 Å². The highest BCUT2D eigenvalue weighted by molar-refractivity contribution is 5.94. The Kier molecular flexibility index (Phi) is 6.39. The lowest BCUT2D eigenvalue weighted by Crippen LogP contribution is -2.23. The van der Waals surface area contributed by atoms with Gasteiger partial charge in [0.05, 0.1) is 26.5 Å². The van der Waals surface area contributed by atoms with E-state index in [1.807, 2.05) is 0 Å². The third-order valence-electron chi connectivity index (χ3n) is 3.28. The van der Waals surface area contributed by atoms with E-state index in [0.717, 1.165) is 0 Å². The number of anilines is 1. The summed E-state index contributed by atoms with van der Waals surface area (Å²) in [6.07, 6.45) is 0. The van der Waals surface area contributed by atoms with Gasteiger partial charge >= 0.3 is 6.61 Å². The quantitative estimate of drug-likeness (QED) is 0.591. The van der Waals surface area contributed by atoms with E-state index in [1.54, 1.807) is 43.5 Å². The van der Waals surface area contributed by atoms with Gasteiger partial charge in [0.1, 0.15) is 17.2 Å². The molecule has 0 radical (unpaired) electrons. The normalized spacial score (nSPS) is 11.3. The van der Waals surface area contributed by atoms with Crippen LogP contribution in [-0.4, -0.2) is 26.8 Å². The van der Waals surface area contributed by atoms with Crippen LogP contribution in [0.2, 0.25) is 0 Å². The van der Waals surface area contributed by atoms with Crippen molar-refractivity contribution < 1.29 is 23.0 Å². The van der Waals surface area contributed by atoms with Crippen LogP contribution in [0.4, 0.5) is 14.5 Å². The third kappa shape index (κ3) is 5.23. The highest BCUT2D eigenvalue weighted by Gasteiger charge is 2.09. The number of halogens is 2. The standard InChI is InChI=1S/C17H19F2N3O3/c1-23-12-7-8-15(24-2)13(9-12)22-17(20)21-10-11-5-3-4-6-14(11)25-16(18)19/h3-9,16H,10H2,1-2H3,(H3,20,21,22). The van der Waals surface area contributed by atoms with Crippen LogP contribution < -0.4 is 25.3 Å². The topological polar surface area (TPSA) is 78.1 Å². The fraction of sp³-hybridized carbons (Fsp3) is 0.235. The van der Waals surface area contributed by atoms with Gasteiger partial charge in [-0.05, 0) is 18.2 Å². The molecule has 8 heteroatoms. The number of para-hydroxylation sites is 1. The van der Waals surface area contributed by atoms with Crippen LogP contribution in [0.15, 0.2) is 47.5 Å². The maximum atomic E-state index is 12.4. The van der Waals surface area contributed by atoms with Crippen LogP contribution in [0, 0.1) is 0 Å². The fourth-order valence-electron chi connectivity index (χ4n) is 2.11. The zero-order valence-electron chi connectivity index (χ0n) is 13.8. The Morgan fingerprint density at radius 2 is 1.88 bits per heavy atom. The zero-order chi connectivity index (χ0) is 18.2. The lowest BCUT2D eigenvalue weighted by atomic mass is 10.2. The number of guanidine groups is 1. The van der Waals surface area contributed by atoms with Crippen LogP contribution in [0.3, 0.4) is 0 Å². The number of nitrogens with one attached hydrogen (secondary N) is 1. The molecular formula is C17H19F2N3O3. The molecule has 0 saturated carbocycles. The molecule has 2 rings (SSSR count). The third-order valence-corrected chi connectivity index (χ3v) is 3.28. The zero-order valence-corrected chi connectivity index (χ0v) is 13.8. The first-order valence-corrected chi connectivity index (χ1v) is 7.35. The van der Waals surface area contributed by atoms with Crippen molar-refractivity contribution in [2.75, 3.05) is 19.5 Å². The molecule has 2 aromatic carbocycles. The molecule has 0 amide bonds. The van der Waals surface area contributed by atoms with Gasteiger partial charge in [0, 0.05) is 11.6 Å². The molecule has 0 spiro atoms. The van der Waals surface area contributed by atoms with Crippen molar-refractivity contribution in [1.82, 2.24) is 0 Å². The van der Waals surface area contributed by atoms with Crippen LogP contribution in [0.25, 0.3) is 0 Å². The minimum absolute atomic E-state index is 0.0630. The largest absolute Gasteiger partial charge is 0.497 e. The van der Waals surface area contributed by atoms with E-state index < -0.39 is 6.61 Å². The number of nitrogens with two attached hydrogens (primary N) is 1. The molecule has 0 aliphatic carbocycles. The van der Waals surface area contributed by atoms with E-state index in [2.05, 4.69) is 15.0 Å². The van der Waals surface area contributed by atoms with Crippen molar-refractivity contribution in [3.63, 3.8) is 0 Å². The number of methoxy groups -OCH3 is 2. The Morgan fingerprint density at radius 1 is 1.12 bits per heavy atom. The predicted octanol–water partition coefficient (Wildman–Crippen LogP) is 3.23. The summed E-state index contributed by atoms with van der Waals surface area (Å²) in [7, 11) is 3.07. The first-order chi connectivity index (χ1) is 12.0. The highest BCUT2D eigenvalue weighted by Crippen LogP contribution is 2.28. The number of aliphatic imine (C=N–C) groups is 1. The minimum Gasteiger partial charge on any atom is -0.497 e. The minimum atomic E-state index is -2.90. The van der Waals surface area contributed by atoms with Gasteiger partial charge in [0.25, 0.3) is 0 Å². The second kappa shape index (κ2) is 8.72. The Balaban J connectivity index is 2.13. The van der Waals surface area contributed by atoms with Gasteiger partial charge in [-0.2, -0.15) is 8.78 Å². The average Bonchev–Trinajstić information content (AvgIpc) is 2.60. The molecule has 3 N–H and O–H groups in total. The van der Waals surface area contributed by atoms with Crippen LogP contribution in [-0.2, 0) is 6.54 Å². The van der Waals surface area contributed by atoms with Gasteiger partial charge in [-0.25, -0.2) is 4.99 Å². The van der Waals surface area contributed by atoms with Crippen molar-refractivity contribution in [3.05, 3.63) is 48.0 Å². The second-order valence-electron chi connectivity index (χ2n) is 4.88. The maximum absolute atomic E-state index is 12.4. The van der Waals surface area contributed by atoms with Gasteiger partial charge in [0.15, 0.2) is 5.96 Å². The molecule has 0 bridgehead atoms. The summed E-state index contributed by atoms with van der Waals surface area (Å²) >= 11 is 0.